The lowest BCUT2D eigenvalue weighted by molar-refractivity contribution is -0.870. The SMILES string of the molecule is CC/C=C\C/C=C\C/C=C\C/C=C\C/C=C\C/C=C\C/C=C\C/C=C\CCCCCCCCCCCCC(=O)NC(COP(=O)([O-])OCC[N+](C)(C)C)C(O)/C=C/CC/C=C/CCCCCCCCCCCCCCCCCCC. The van der Waals surface area contributed by atoms with Crippen molar-refractivity contribution < 1.29 is 32.9 Å². The number of allylic oxidation sites excluding steroid dienone is 19. The van der Waals surface area contributed by atoms with Crippen molar-refractivity contribution in [1.29, 1.82) is 0 Å². The molecule has 0 aromatic heterocycles. The lowest BCUT2D eigenvalue weighted by Crippen LogP contribution is -2.45. The minimum Gasteiger partial charge on any atom is -0.756 e. The maximum Gasteiger partial charge on any atom is 0.268 e. The molecule has 0 fully saturated rings. The minimum atomic E-state index is -4.62. The van der Waals surface area contributed by atoms with Crippen LogP contribution >= 0.6 is 7.82 Å². The summed E-state index contributed by atoms with van der Waals surface area (Å²) in [6.07, 6.45) is 90.1. The van der Waals surface area contributed by atoms with Gasteiger partial charge in [0, 0.05) is 6.42 Å². The molecule has 0 aliphatic heterocycles. The molecule has 9 heteroatoms. The molecule has 8 nitrogen and oxygen atoms in total. The van der Waals surface area contributed by atoms with Crippen molar-refractivity contribution in [3.63, 3.8) is 0 Å². The lowest BCUT2D eigenvalue weighted by Gasteiger charge is -2.29. The number of nitrogens with one attached hydrogen (secondary N) is 1. The van der Waals surface area contributed by atoms with E-state index in [4.69, 9.17) is 9.05 Å². The molecule has 3 atom stereocenters. The van der Waals surface area contributed by atoms with E-state index in [0.29, 0.717) is 17.4 Å². The molecule has 0 saturated carbocycles. The number of aliphatic hydroxyl groups excluding tert-OH is 1. The molecule has 0 radical (unpaired) electrons. The Balaban J connectivity index is 4.19. The van der Waals surface area contributed by atoms with Crippen molar-refractivity contribution in [2.75, 3.05) is 40.9 Å². The predicted octanol–water partition coefficient (Wildman–Crippen LogP) is 20.2. The third-order valence-electron chi connectivity index (χ3n) is 14.2. The topological polar surface area (TPSA) is 108 Å². The fraction of sp³-hybridized carbons (Fsp3) is 0.704. The molecule has 3 unspecified atom stereocenters. The number of hydrogen-bond acceptors (Lipinski definition) is 6. The van der Waals surface area contributed by atoms with Gasteiger partial charge >= 0.3 is 0 Å². The van der Waals surface area contributed by atoms with E-state index in [1.807, 2.05) is 27.2 Å². The van der Waals surface area contributed by atoms with Crippen LogP contribution in [0.1, 0.15) is 271 Å². The summed E-state index contributed by atoms with van der Waals surface area (Å²) < 4.78 is 23.4. The molecule has 0 spiro atoms. The fourth-order valence-corrected chi connectivity index (χ4v) is 9.79. The lowest BCUT2D eigenvalue weighted by atomic mass is 10.0. The number of carbonyl (C=O) groups excluding carboxylic acids is 1. The van der Waals surface area contributed by atoms with Crippen molar-refractivity contribution in [2.24, 2.45) is 0 Å². The first-order valence-corrected chi connectivity index (χ1v) is 34.4. The molecule has 0 aromatic rings. The second kappa shape index (κ2) is 60.5. The van der Waals surface area contributed by atoms with Crippen LogP contribution in [0.15, 0.2) is 122 Å². The third kappa shape index (κ3) is 62.5. The van der Waals surface area contributed by atoms with E-state index in [2.05, 4.69) is 129 Å². The van der Waals surface area contributed by atoms with E-state index in [1.165, 1.54) is 154 Å². The van der Waals surface area contributed by atoms with Gasteiger partial charge in [-0.15, -0.1) is 0 Å². The summed E-state index contributed by atoms with van der Waals surface area (Å²) in [7, 11) is 1.23. The number of nitrogens with zero attached hydrogens (tertiary/aromatic N) is 1. The van der Waals surface area contributed by atoms with Crippen LogP contribution in [0.5, 0.6) is 0 Å². The predicted molar refractivity (Wildman–Crippen MR) is 348 cm³/mol. The average molecular weight is 1130 g/mol. The number of likely N-dealkylation sites (N-methyl/N-ethyl adjacent to an activating group) is 1. The third-order valence-corrected chi connectivity index (χ3v) is 15.1. The number of aliphatic hydroxyl groups is 1. The number of carbonyl (C=O) groups is 1. The first-order valence-electron chi connectivity index (χ1n) is 32.9. The number of amides is 1. The van der Waals surface area contributed by atoms with Crippen LogP contribution in [0.4, 0.5) is 0 Å². The first-order chi connectivity index (χ1) is 39.0. The van der Waals surface area contributed by atoms with Gasteiger partial charge in [-0.3, -0.25) is 9.36 Å². The van der Waals surface area contributed by atoms with Crippen molar-refractivity contribution in [3.05, 3.63) is 122 Å². The largest absolute Gasteiger partial charge is 0.756 e. The molecule has 2 N–H and O–H groups in total. The van der Waals surface area contributed by atoms with Gasteiger partial charge < -0.3 is 28.8 Å². The van der Waals surface area contributed by atoms with Crippen LogP contribution in [-0.2, 0) is 18.4 Å². The zero-order valence-corrected chi connectivity index (χ0v) is 53.4. The summed E-state index contributed by atoms with van der Waals surface area (Å²) in [5.74, 6) is -0.215. The van der Waals surface area contributed by atoms with E-state index in [1.54, 1.807) is 6.08 Å². The van der Waals surface area contributed by atoms with Crippen LogP contribution in [0.3, 0.4) is 0 Å². The normalized spacial score (nSPS) is 14.5. The quantitative estimate of drug-likeness (QED) is 0.0272. The number of hydrogen-bond donors (Lipinski definition) is 2. The van der Waals surface area contributed by atoms with Crippen LogP contribution in [0, 0.1) is 0 Å². The molecular weight excluding hydrogens is 1010 g/mol. The second-order valence-electron chi connectivity index (χ2n) is 23.1. The standard InChI is InChI=1S/C71H125N2O6P/c1-6-8-10-12-14-16-18-20-22-24-26-28-30-31-32-33-34-35-36-37-38-39-40-41-43-45-47-49-51-53-55-57-59-61-63-65-71(75)72-69(68-79-80(76,77)78-67-66-73(3,4)5)70(74)64-62-60-58-56-54-52-50-48-46-44-42-29-27-25-23-21-19-17-15-13-11-9-7-2/h8,10,14,16,20,22,26,28,31-32,34-35,37-38,40-41,54,56,62,64,69-70,74H,6-7,9,11-13,15,17-19,21,23-25,27,29-30,33,36,39,42-53,55,57-61,63,65-68H2,1-5H3,(H-,72,75,76,77)/b10-8-,16-14-,22-20-,28-26-,32-31-,35-34-,38-37-,41-40-,56-54+,64-62+. The molecular formula is C71H125N2O6P. The summed E-state index contributed by atoms with van der Waals surface area (Å²) in [5, 5.41) is 13.9. The Hall–Kier alpha value is -3.10. The highest BCUT2D eigenvalue weighted by Crippen LogP contribution is 2.38. The summed E-state index contributed by atoms with van der Waals surface area (Å²) in [5.41, 5.74) is 0. The molecule has 0 aliphatic rings. The van der Waals surface area contributed by atoms with Crippen LogP contribution in [-0.4, -0.2) is 68.5 Å². The Bertz CT molecular complexity index is 1720. The maximum absolute atomic E-state index is 13.0. The molecule has 0 aromatic carbocycles. The first kappa shape index (κ1) is 76.9. The Morgan fingerprint density at radius 3 is 1.16 bits per heavy atom. The van der Waals surface area contributed by atoms with Gasteiger partial charge in [-0.05, 0) is 96.3 Å². The summed E-state index contributed by atoms with van der Waals surface area (Å²) >= 11 is 0. The highest BCUT2D eigenvalue weighted by atomic mass is 31.2. The average Bonchev–Trinajstić information content (AvgIpc) is 3.42. The highest BCUT2D eigenvalue weighted by Gasteiger charge is 2.23. The minimum absolute atomic E-state index is 0.0125. The van der Waals surface area contributed by atoms with Gasteiger partial charge in [0.05, 0.1) is 39.9 Å². The van der Waals surface area contributed by atoms with Crippen molar-refractivity contribution in [1.82, 2.24) is 5.32 Å². The van der Waals surface area contributed by atoms with Crippen LogP contribution in [0.2, 0.25) is 0 Å². The molecule has 0 saturated heterocycles. The fourth-order valence-electron chi connectivity index (χ4n) is 9.07. The van der Waals surface area contributed by atoms with Crippen molar-refractivity contribution >= 4 is 13.7 Å². The molecule has 1 amide bonds. The van der Waals surface area contributed by atoms with Gasteiger partial charge in [-0.25, -0.2) is 0 Å². The molecule has 460 valence electrons. The summed E-state index contributed by atoms with van der Waals surface area (Å²) in [4.78, 5) is 25.6. The Morgan fingerprint density at radius 2 is 0.775 bits per heavy atom. The second-order valence-corrected chi connectivity index (χ2v) is 24.5. The van der Waals surface area contributed by atoms with Gasteiger partial charge in [0.25, 0.3) is 7.82 Å². The number of phosphoric ester groups is 1. The van der Waals surface area contributed by atoms with Gasteiger partial charge in [-0.2, -0.15) is 0 Å². The van der Waals surface area contributed by atoms with E-state index in [-0.39, 0.29) is 12.5 Å². The van der Waals surface area contributed by atoms with Gasteiger partial charge in [-0.1, -0.05) is 289 Å². The number of quaternary nitrogens is 1. The van der Waals surface area contributed by atoms with Gasteiger partial charge in [0.1, 0.15) is 13.2 Å². The zero-order chi connectivity index (χ0) is 58.4. The van der Waals surface area contributed by atoms with Crippen molar-refractivity contribution in [2.45, 2.75) is 283 Å². The molecule has 0 bridgehead atoms. The molecule has 80 heavy (non-hydrogen) atoms. The van der Waals surface area contributed by atoms with E-state index < -0.39 is 26.6 Å². The van der Waals surface area contributed by atoms with E-state index in [9.17, 15) is 19.4 Å². The van der Waals surface area contributed by atoms with E-state index in [0.717, 1.165) is 96.3 Å². The summed E-state index contributed by atoms with van der Waals surface area (Å²) in [6, 6.07) is -0.915. The molecule has 0 heterocycles. The van der Waals surface area contributed by atoms with Crippen LogP contribution < -0.4 is 10.2 Å². The highest BCUT2D eigenvalue weighted by molar-refractivity contribution is 7.45. The van der Waals surface area contributed by atoms with E-state index >= 15 is 0 Å². The zero-order valence-electron chi connectivity index (χ0n) is 52.5. The summed E-state index contributed by atoms with van der Waals surface area (Å²) in [6.45, 7) is 4.52. The number of unbranched alkanes of at least 4 members (excludes halogenated alkanes) is 28. The Morgan fingerprint density at radius 1 is 0.450 bits per heavy atom. The van der Waals surface area contributed by atoms with Gasteiger partial charge in [0.2, 0.25) is 5.91 Å². The van der Waals surface area contributed by atoms with Crippen LogP contribution in [0.25, 0.3) is 0 Å². The smallest absolute Gasteiger partial charge is 0.268 e. The molecule has 0 rings (SSSR count). The Kier molecular flexibility index (Phi) is 58.1. The van der Waals surface area contributed by atoms with Crippen molar-refractivity contribution in [3.8, 4) is 0 Å². The van der Waals surface area contributed by atoms with Gasteiger partial charge in [0.15, 0.2) is 0 Å². The maximum atomic E-state index is 13.0. The monoisotopic (exact) mass is 1130 g/mol. The Labute approximate surface area is 494 Å². The number of phosphoric acid groups is 1. The number of rotatable bonds is 59. The molecule has 0 aliphatic carbocycles.